The van der Waals surface area contributed by atoms with Crippen LogP contribution in [-0.2, 0) is 52.2 Å². The van der Waals surface area contributed by atoms with E-state index in [1.54, 1.807) is 0 Å². The van der Waals surface area contributed by atoms with Crippen molar-refractivity contribution in [3.05, 3.63) is 0 Å². The van der Waals surface area contributed by atoms with E-state index in [2.05, 4.69) is 0 Å². The van der Waals surface area contributed by atoms with Crippen molar-refractivity contribution in [3.8, 4) is 0 Å². The molecule has 326 valence electrons. The van der Waals surface area contributed by atoms with Crippen LogP contribution in [0.5, 0.6) is 0 Å². The average molecular weight is 825 g/mol. The van der Waals surface area contributed by atoms with Gasteiger partial charge < -0.3 is 119 Å². The number of carbonyl (C=O) groups is 1. The van der Waals surface area contributed by atoms with Crippen molar-refractivity contribution >= 4 is 5.97 Å². The van der Waals surface area contributed by atoms with Crippen molar-refractivity contribution in [1.82, 2.24) is 0 Å². The molecule has 0 bridgehead atoms. The van der Waals surface area contributed by atoms with Crippen LogP contribution in [0.4, 0.5) is 0 Å². The van der Waals surface area contributed by atoms with E-state index < -0.39 is 173 Å². The Bertz CT molecular complexity index is 1270. The number of methoxy groups -OCH3 is 1. The summed E-state index contributed by atoms with van der Waals surface area (Å²) in [6, 6.07) is 0. The molecule has 0 radical (unpaired) electrons. The van der Waals surface area contributed by atoms with Gasteiger partial charge in [0.1, 0.15) is 104 Å². The highest BCUT2D eigenvalue weighted by Gasteiger charge is 2.57. The zero-order valence-corrected chi connectivity index (χ0v) is 30.1. The first-order chi connectivity index (χ1) is 26.4. The zero-order valence-electron chi connectivity index (χ0n) is 30.1. The van der Waals surface area contributed by atoms with Gasteiger partial charge >= 0.3 is 5.97 Å². The highest BCUT2D eigenvalue weighted by Crippen LogP contribution is 2.36. The molecule has 0 amide bonds. The number of rotatable bonds is 11. The first-order valence-corrected chi connectivity index (χ1v) is 17.7. The minimum Gasteiger partial charge on any atom is -0.467 e. The molecule has 1 unspecified atom stereocenters. The normalized spacial score (nSPS) is 53.1. The summed E-state index contributed by atoms with van der Waals surface area (Å²) in [5.41, 5.74) is 0. The van der Waals surface area contributed by atoms with Crippen LogP contribution in [0.3, 0.4) is 0 Å². The maximum Gasteiger partial charge on any atom is 0.337 e. The van der Waals surface area contributed by atoms with Gasteiger partial charge in [0.25, 0.3) is 0 Å². The van der Waals surface area contributed by atoms with Crippen LogP contribution in [0.25, 0.3) is 0 Å². The van der Waals surface area contributed by atoms with Crippen LogP contribution < -0.4 is 0 Å². The van der Waals surface area contributed by atoms with Gasteiger partial charge in [0.15, 0.2) is 37.6 Å². The topological polar surface area (TPSA) is 393 Å². The average Bonchev–Trinajstić information content (AvgIpc) is 3.17. The summed E-state index contributed by atoms with van der Waals surface area (Å²) in [6.45, 7) is 0.838. The summed E-state index contributed by atoms with van der Waals surface area (Å²) in [7, 11) is 0.915. The van der Waals surface area contributed by atoms with Crippen molar-refractivity contribution < 1.29 is 124 Å². The Morgan fingerprint density at radius 2 is 0.839 bits per heavy atom. The fourth-order valence-corrected chi connectivity index (χ4v) is 6.94. The van der Waals surface area contributed by atoms with E-state index in [1.165, 1.54) is 13.8 Å². The Labute approximate surface area is 317 Å². The van der Waals surface area contributed by atoms with Gasteiger partial charge in [-0.3, -0.25) is 0 Å². The Morgan fingerprint density at radius 3 is 1.39 bits per heavy atom. The molecule has 0 saturated carbocycles. The molecule has 14 N–H and O–H groups in total. The second kappa shape index (κ2) is 18.9. The number of hydrogen-bond donors (Lipinski definition) is 14. The zero-order chi connectivity index (χ0) is 41.5. The van der Waals surface area contributed by atoms with E-state index >= 15 is 0 Å². The molecule has 5 saturated heterocycles. The van der Waals surface area contributed by atoms with E-state index in [4.69, 9.17) is 47.4 Å². The largest absolute Gasteiger partial charge is 0.467 e. The maximum atomic E-state index is 12.9. The van der Waals surface area contributed by atoms with E-state index in [9.17, 15) is 76.3 Å². The van der Waals surface area contributed by atoms with Crippen molar-refractivity contribution in [3.63, 3.8) is 0 Å². The van der Waals surface area contributed by atoms with Gasteiger partial charge in [-0.2, -0.15) is 0 Å². The fourth-order valence-electron chi connectivity index (χ4n) is 6.94. The summed E-state index contributed by atoms with van der Waals surface area (Å²) >= 11 is 0. The number of esters is 1. The quantitative estimate of drug-likeness (QED) is 0.0860. The third-order valence-corrected chi connectivity index (χ3v) is 10.4. The fraction of sp³-hybridized carbons (Fsp3) is 0.968. The summed E-state index contributed by atoms with van der Waals surface area (Å²) in [5.74, 6) is -1.26. The molecule has 5 rings (SSSR count). The van der Waals surface area contributed by atoms with Gasteiger partial charge in [-0.1, -0.05) is 0 Å². The molecule has 5 fully saturated rings. The Balaban J connectivity index is 1.43. The molecule has 0 aromatic heterocycles. The summed E-state index contributed by atoms with van der Waals surface area (Å²) in [6.07, 6.45) is -46.1. The van der Waals surface area contributed by atoms with E-state index in [1.807, 2.05) is 0 Å². The summed E-state index contributed by atoms with van der Waals surface area (Å²) in [5, 5.41) is 147. The van der Waals surface area contributed by atoms with Gasteiger partial charge in [-0.25, -0.2) is 4.79 Å². The lowest BCUT2D eigenvalue weighted by atomic mass is 9.95. The van der Waals surface area contributed by atoms with Crippen LogP contribution in [-0.4, -0.2) is 251 Å². The van der Waals surface area contributed by atoms with E-state index in [0.717, 1.165) is 7.11 Å². The van der Waals surface area contributed by atoms with Gasteiger partial charge in [-0.05, 0) is 13.8 Å². The second-order valence-corrected chi connectivity index (χ2v) is 14.1. The highest BCUT2D eigenvalue weighted by molar-refractivity contribution is 5.75. The Hall–Kier alpha value is -1.45. The molecule has 0 spiro atoms. The van der Waals surface area contributed by atoms with Gasteiger partial charge in [-0.15, -0.1) is 0 Å². The lowest BCUT2D eigenvalue weighted by Gasteiger charge is -2.49. The number of hydrogen-bond acceptors (Lipinski definition) is 25. The third-order valence-electron chi connectivity index (χ3n) is 10.4. The first kappa shape index (κ1) is 45.6. The predicted molar refractivity (Wildman–Crippen MR) is 169 cm³/mol. The smallest absolute Gasteiger partial charge is 0.337 e. The van der Waals surface area contributed by atoms with E-state index in [-0.39, 0.29) is 0 Å². The molecule has 25 atom stereocenters. The molecular weight excluding hydrogens is 772 g/mol. The molecule has 25 nitrogen and oxygen atoms in total. The molecule has 0 aliphatic carbocycles. The monoisotopic (exact) mass is 824 g/mol. The molecule has 5 aliphatic rings. The molecule has 0 aromatic carbocycles. The minimum absolute atomic E-state index is 0.863. The van der Waals surface area contributed by atoms with Crippen molar-refractivity contribution in [2.75, 3.05) is 20.3 Å². The lowest BCUT2D eigenvalue weighted by molar-refractivity contribution is -0.403. The minimum atomic E-state index is -2.22. The summed E-state index contributed by atoms with van der Waals surface area (Å²) < 4.78 is 55.3. The predicted octanol–water partition coefficient (Wildman–Crippen LogP) is -9.69. The van der Waals surface area contributed by atoms with Crippen molar-refractivity contribution in [1.29, 1.82) is 0 Å². The maximum absolute atomic E-state index is 12.9. The lowest BCUT2D eigenvalue weighted by Crippen LogP contribution is -2.68. The number of aliphatic hydroxyl groups excluding tert-OH is 14. The van der Waals surface area contributed by atoms with Gasteiger partial charge in [0.2, 0.25) is 0 Å². The van der Waals surface area contributed by atoms with Crippen LogP contribution in [0.1, 0.15) is 13.8 Å². The number of aliphatic hydroxyl groups is 14. The number of carbonyl (C=O) groups excluding carboxylic acids is 1. The van der Waals surface area contributed by atoms with Gasteiger partial charge in [0.05, 0.1) is 32.5 Å². The first-order valence-electron chi connectivity index (χ1n) is 17.7. The highest BCUT2D eigenvalue weighted by atomic mass is 16.8. The number of ether oxygens (including phenoxy) is 10. The van der Waals surface area contributed by atoms with Crippen LogP contribution in [0.2, 0.25) is 0 Å². The molecule has 5 aliphatic heterocycles. The third kappa shape index (κ3) is 9.00. The summed E-state index contributed by atoms with van der Waals surface area (Å²) in [4.78, 5) is 12.9. The molecule has 25 heteroatoms. The van der Waals surface area contributed by atoms with Gasteiger partial charge in [0, 0.05) is 0 Å². The van der Waals surface area contributed by atoms with Crippen molar-refractivity contribution in [2.24, 2.45) is 0 Å². The van der Waals surface area contributed by atoms with Crippen LogP contribution in [0.15, 0.2) is 0 Å². The Kier molecular flexibility index (Phi) is 15.4. The molecule has 5 heterocycles. The van der Waals surface area contributed by atoms with Crippen LogP contribution in [0, 0.1) is 0 Å². The second-order valence-electron chi connectivity index (χ2n) is 14.1. The van der Waals surface area contributed by atoms with Crippen LogP contribution >= 0.6 is 0 Å². The SMILES string of the molecule is COC(=O)[C@H]1OC(O)[C@H](O[C@@H]2O[C@H](CO)[C@@H](O)[C@H](O)[C@H]2O)[C@@H](O)[C@@H]1O[C@@H]1O[C@H](CO)[C@@H](O)[C@H](O)[C@H]1O[C@@H]1O[C@@H](C)[C@H](O)[C@@H](O)[C@H]1O[C@@H]1O[C@@H](C)[C@H](O)[C@@H](O)[C@H]1O. The van der Waals surface area contributed by atoms with E-state index in [0.29, 0.717) is 0 Å². The standard InChI is InChI=1S/C31H52O25/c1-6-10(34)14(38)18(42)28(48-6)55-23-16(40)11(35)7(2)49-30(23)56-24-17(41)13(37)9(5-33)51-31(24)53-21-20(44)22(27(46)52-25(21)26(45)47-3)54-29-19(43)15(39)12(36)8(4-32)50-29/h6-25,27-44,46H,4-5H2,1-3H3/t6-,7-,8+,9+,10-,11-,12+,13+,14+,15-,16+,17-,18+,19+,20-,21-,22+,23+,24+,25-,27?,28-,29-,30-,31-/m0/s1. The molecular formula is C31H52O25. The molecule has 0 aromatic rings. The Morgan fingerprint density at radius 1 is 0.446 bits per heavy atom. The van der Waals surface area contributed by atoms with Crippen molar-refractivity contribution in [2.45, 2.75) is 167 Å². The molecule has 56 heavy (non-hydrogen) atoms.